The number of fused-ring (bicyclic) bond motifs is 1. The third kappa shape index (κ3) is 4.55. The highest BCUT2D eigenvalue weighted by atomic mass is 16.5. The summed E-state index contributed by atoms with van der Waals surface area (Å²) in [5, 5.41) is 16.1. The molecule has 1 aromatic carbocycles. The summed E-state index contributed by atoms with van der Waals surface area (Å²) < 4.78 is 5.53. The quantitative estimate of drug-likeness (QED) is 0.261. The minimum absolute atomic E-state index is 0.134. The highest BCUT2D eigenvalue weighted by Gasteiger charge is 2.20. The minimum Gasteiger partial charge on any atom is -0.373 e. The van der Waals surface area contributed by atoms with E-state index in [1.807, 2.05) is 37.4 Å². The lowest BCUT2D eigenvalue weighted by molar-refractivity contribution is 0.331. The summed E-state index contributed by atoms with van der Waals surface area (Å²) in [7, 11) is 1.83. The Kier molecular flexibility index (Phi) is 5.97. The average Bonchev–Trinajstić information content (AvgIpc) is 3.35. The molecule has 0 spiro atoms. The first-order valence-electron chi connectivity index (χ1n) is 11.7. The van der Waals surface area contributed by atoms with Crippen molar-refractivity contribution < 1.29 is 4.52 Å². The lowest BCUT2D eigenvalue weighted by atomic mass is 9.93. The fraction of sp³-hybridized carbons (Fsp3) is 0.222. The average molecular weight is 481 g/mol. The first-order chi connectivity index (χ1) is 17.3. The Morgan fingerprint density at radius 2 is 1.64 bits per heavy atom. The van der Waals surface area contributed by atoms with E-state index in [0.717, 1.165) is 44.9 Å². The zero-order chi connectivity index (χ0) is 25.3. The van der Waals surface area contributed by atoms with Gasteiger partial charge >= 0.3 is 0 Å². The van der Waals surface area contributed by atoms with E-state index >= 15 is 0 Å². The number of aromatic nitrogens is 5. The molecule has 5 aromatic rings. The van der Waals surface area contributed by atoms with E-state index in [2.05, 4.69) is 80.9 Å². The van der Waals surface area contributed by atoms with Crippen molar-refractivity contribution in [2.45, 2.75) is 33.1 Å². The van der Waals surface area contributed by atoms with Crippen LogP contribution in [0.2, 0.25) is 0 Å². The number of rotatable bonds is 6. The van der Waals surface area contributed by atoms with Gasteiger partial charge in [0.1, 0.15) is 29.5 Å². The minimum atomic E-state index is -0.134. The lowest BCUT2D eigenvalue weighted by Gasteiger charge is -2.16. The van der Waals surface area contributed by atoms with E-state index in [0.29, 0.717) is 17.5 Å². The third-order valence-electron chi connectivity index (χ3n) is 5.90. The van der Waals surface area contributed by atoms with E-state index in [1.165, 1.54) is 0 Å². The fourth-order valence-corrected chi connectivity index (χ4v) is 3.91. The van der Waals surface area contributed by atoms with Gasteiger partial charge in [-0.15, -0.1) is 0 Å². The number of benzene rings is 1. The van der Waals surface area contributed by atoms with Crippen LogP contribution in [0.4, 0.5) is 29.0 Å². The first kappa shape index (κ1) is 23.2. The highest BCUT2D eigenvalue weighted by Crippen LogP contribution is 2.36. The lowest BCUT2D eigenvalue weighted by Crippen LogP contribution is -2.09. The first-order valence-corrected chi connectivity index (χ1v) is 11.7. The zero-order valence-corrected chi connectivity index (χ0v) is 20.9. The number of anilines is 5. The molecular weight excluding hydrogens is 452 g/mol. The molecule has 0 atom stereocenters. The second-order valence-electron chi connectivity index (χ2n) is 9.53. The summed E-state index contributed by atoms with van der Waals surface area (Å²) in [4.78, 5) is 17.9. The molecular formula is C27H28N8O. The molecule has 36 heavy (non-hydrogen) atoms. The van der Waals surface area contributed by atoms with E-state index in [-0.39, 0.29) is 5.41 Å². The largest absolute Gasteiger partial charge is 0.373 e. The van der Waals surface area contributed by atoms with Gasteiger partial charge in [0.25, 0.3) is 0 Å². The van der Waals surface area contributed by atoms with Crippen LogP contribution in [-0.2, 0) is 5.41 Å². The Morgan fingerprint density at radius 1 is 0.806 bits per heavy atom. The standard InChI is InChI=1S/C27H28N8O/c1-16-8-9-18-17(10-12-30-25(18)33-23-14-21(36-35-23)27(2,3)4)24(16)34-26-19(7-6-11-29-26)20-13-22(28-5)32-15-31-20/h6-15H,1-5H3,(H,29,34)(H,28,31,32)(H,30,33,35). The molecule has 0 saturated carbocycles. The molecule has 0 saturated heterocycles. The number of pyridine rings is 2. The van der Waals surface area contributed by atoms with Crippen LogP contribution in [0.25, 0.3) is 22.0 Å². The molecule has 0 amide bonds. The molecule has 5 rings (SSSR count). The maximum atomic E-state index is 5.53. The Balaban J connectivity index is 1.54. The maximum Gasteiger partial charge on any atom is 0.175 e. The Hall–Kier alpha value is -4.53. The Labute approximate surface area is 209 Å². The van der Waals surface area contributed by atoms with Crippen LogP contribution in [0.3, 0.4) is 0 Å². The normalized spacial score (nSPS) is 11.5. The summed E-state index contributed by atoms with van der Waals surface area (Å²) in [5.41, 5.74) is 3.53. The second-order valence-corrected chi connectivity index (χ2v) is 9.53. The van der Waals surface area contributed by atoms with Gasteiger partial charge in [-0.1, -0.05) is 38.1 Å². The van der Waals surface area contributed by atoms with E-state index < -0.39 is 0 Å². The van der Waals surface area contributed by atoms with Crippen LogP contribution < -0.4 is 16.0 Å². The van der Waals surface area contributed by atoms with Crippen molar-refractivity contribution in [3.63, 3.8) is 0 Å². The molecule has 0 fully saturated rings. The summed E-state index contributed by atoms with van der Waals surface area (Å²) in [6, 6.07) is 13.8. The van der Waals surface area contributed by atoms with Gasteiger partial charge in [-0.2, -0.15) is 0 Å². The number of aryl methyl sites for hydroxylation is 1. The molecule has 0 aliphatic rings. The van der Waals surface area contributed by atoms with Gasteiger partial charge < -0.3 is 20.5 Å². The SMILES string of the molecule is CNc1cc(-c2cccnc2Nc2c(C)ccc3c(Nc4cc(C(C)(C)C)on4)nccc23)ncn1. The second kappa shape index (κ2) is 9.26. The molecule has 4 aromatic heterocycles. The van der Waals surface area contributed by atoms with Crippen LogP contribution in [0, 0.1) is 6.92 Å². The monoisotopic (exact) mass is 480 g/mol. The van der Waals surface area contributed by atoms with E-state index in [4.69, 9.17) is 4.52 Å². The highest BCUT2D eigenvalue weighted by molar-refractivity contribution is 6.03. The number of nitrogens with one attached hydrogen (secondary N) is 3. The summed E-state index contributed by atoms with van der Waals surface area (Å²) in [6.45, 7) is 8.32. The molecule has 3 N–H and O–H groups in total. The molecule has 9 nitrogen and oxygen atoms in total. The van der Waals surface area contributed by atoms with Crippen molar-refractivity contribution >= 4 is 39.7 Å². The van der Waals surface area contributed by atoms with Crippen molar-refractivity contribution in [3.8, 4) is 11.3 Å². The molecule has 182 valence electrons. The van der Waals surface area contributed by atoms with Crippen molar-refractivity contribution in [2.75, 3.05) is 23.0 Å². The van der Waals surface area contributed by atoms with Gasteiger partial charge in [0.15, 0.2) is 5.82 Å². The zero-order valence-electron chi connectivity index (χ0n) is 20.9. The summed E-state index contributed by atoms with van der Waals surface area (Å²) >= 11 is 0. The molecule has 4 heterocycles. The van der Waals surface area contributed by atoms with Crippen LogP contribution >= 0.6 is 0 Å². The van der Waals surface area contributed by atoms with Crippen LogP contribution in [0.15, 0.2) is 65.7 Å². The number of hydrogen-bond donors (Lipinski definition) is 3. The third-order valence-corrected chi connectivity index (χ3v) is 5.90. The predicted molar refractivity (Wildman–Crippen MR) is 143 cm³/mol. The molecule has 0 aliphatic heterocycles. The van der Waals surface area contributed by atoms with Crippen LogP contribution in [-0.4, -0.2) is 32.1 Å². The van der Waals surface area contributed by atoms with Crippen molar-refractivity contribution in [1.82, 2.24) is 25.1 Å². The van der Waals surface area contributed by atoms with Crippen molar-refractivity contribution in [2.24, 2.45) is 0 Å². The number of hydrogen-bond acceptors (Lipinski definition) is 9. The van der Waals surface area contributed by atoms with Gasteiger partial charge in [-0.25, -0.2) is 19.9 Å². The summed E-state index contributed by atoms with van der Waals surface area (Å²) in [6.07, 6.45) is 5.08. The van der Waals surface area contributed by atoms with Gasteiger partial charge in [-0.3, -0.25) is 0 Å². The topological polar surface area (TPSA) is 114 Å². The number of nitrogens with zero attached hydrogens (tertiary/aromatic N) is 5. The molecule has 0 bridgehead atoms. The van der Waals surface area contributed by atoms with Gasteiger partial charge in [0.2, 0.25) is 0 Å². The van der Waals surface area contributed by atoms with Crippen LogP contribution in [0.1, 0.15) is 32.1 Å². The van der Waals surface area contributed by atoms with Gasteiger partial charge in [0, 0.05) is 53.3 Å². The van der Waals surface area contributed by atoms with Crippen molar-refractivity contribution in [1.29, 1.82) is 0 Å². The molecule has 0 radical (unpaired) electrons. The van der Waals surface area contributed by atoms with Crippen molar-refractivity contribution in [3.05, 3.63) is 72.5 Å². The molecule has 9 heteroatoms. The molecule has 0 unspecified atom stereocenters. The van der Waals surface area contributed by atoms with Crippen LogP contribution in [0.5, 0.6) is 0 Å². The van der Waals surface area contributed by atoms with E-state index in [1.54, 1.807) is 18.7 Å². The fourth-order valence-electron chi connectivity index (χ4n) is 3.91. The smallest absolute Gasteiger partial charge is 0.175 e. The van der Waals surface area contributed by atoms with E-state index in [9.17, 15) is 0 Å². The Morgan fingerprint density at radius 3 is 2.42 bits per heavy atom. The Bertz CT molecular complexity index is 1540. The molecule has 0 aliphatic carbocycles. The maximum absolute atomic E-state index is 5.53. The summed E-state index contributed by atoms with van der Waals surface area (Å²) in [5.74, 6) is 3.55. The predicted octanol–water partition coefficient (Wildman–Crippen LogP) is 6.21. The van der Waals surface area contributed by atoms with Gasteiger partial charge in [-0.05, 0) is 30.7 Å². The van der Waals surface area contributed by atoms with Gasteiger partial charge in [0.05, 0.1) is 11.4 Å².